The predicted octanol–water partition coefficient (Wildman–Crippen LogP) is 2.05. The van der Waals surface area contributed by atoms with E-state index in [1.165, 1.54) is 0 Å². The van der Waals surface area contributed by atoms with E-state index in [1.807, 2.05) is 36.4 Å². The number of nitriles is 1. The molecule has 0 aliphatic carbocycles. The van der Waals surface area contributed by atoms with Crippen LogP contribution in [0.1, 0.15) is 6.42 Å². The number of rotatable bonds is 4. The van der Waals surface area contributed by atoms with E-state index in [0.29, 0.717) is 5.75 Å². The minimum absolute atomic E-state index is 0.208. The first-order valence-corrected chi connectivity index (χ1v) is 5.04. The van der Waals surface area contributed by atoms with Crippen LogP contribution >= 0.6 is 11.8 Å². The molecule has 0 radical (unpaired) electrons. The number of aliphatic hydroxyl groups excluding tert-OH is 1. The first kappa shape index (κ1) is 10.1. The van der Waals surface area contributed by atoms with Gasteiger partial charge >= 0.3 is 0 Å². The van der Waals surface area contributed by atoms with Gasteiger partial charge in [0.05, 0.1) is 18.6 Å². The van der Waals surface area contributed by atoms with Crippen LogP contribution in [0.25, 0.3) is 0 Å². The maximum Gasteiger partial charge on any atom is 0.0763 e. The van der Waals surface area contributed by atoms with Gasteiger partial charge in [0.15, 0.2) is 0 Å². The van der Waals surface area contributed by atoms with Crippen LogP contribution < -0.4 is 0 Å². The molecular formula is C10H11NOS. The molecule has 0 heterocycles. The fourth-order valence-electron chi connectivity index (χ4n) is 0.873. The SMILES string of the molecule is N#CCC(O)CSc1ccccc1. The van der Waals surface area contributed by atoms with Gasteiger partial charge < -0.3 is 5.11 Å². The van der Waals surface area contributed by atoms with E-state index in [1.54, 1.807) is 11.8 Å². The van der Waals surface area contributed by atoms with Gasteiger partial charge in [-0.1, -0.05) is 18.2 Å². The average molecular weight is 193 g/mol. The van der Waals surface area contributed by atoms with Crippen LogP contribution in [0.5, 0.6) is 0 Å². The van der Waals surface area contributed by atoms with Crippen LogP contribution in [0.2, 0.25) is 0 Å². The van der Waals surface area contributed by atoms with Crippen LogP contribution in [0.15, 0.2) is 35.2 Å². The Hall–Kier alpha value is -0.980. The van der Waals surface area contributed by atoms with Crippen molar-refractivity contribution in [1.82, 2.24) is 0 Å². The van der Waals surface area contributed by atoms with E-state index in [4.69, 9.17) is 5.26 Å². The number of hydrogen-bond donors (Lipinski definition) is 1. The number of benzene rings is 1. The minimum atomic E-state index is -0.518. The van der Waals surface area contributed by atoms with Gasteiger partial charge in [0.2, 0.25) is 0 Å². The van der Waals surface area contributed by atoms with Gasteiger partial charge in [-0.25, -0.2) is 0 Å². The Balaban J connectivity index is 2.32. The van der Waals surface area contributed by atoms with Gasteiger partial charge in [-0.3, -0.25) is 0 Å². The fraction of sp³-hybridized carbons (Fsp3) is 0.300. The molecular weight excluding hydrogens is 182 g/mol. The third-order valence-corrected chi connectivity index (χ3v) is 2.67. The Morgan fingerprint density at radius 1 is 1.38 bits per heavy atom. The first-order chi connectivity index (χ1) is 6.33. The summed E-state index contributed by atoms with van der Waals surface area (Å²) in [6.07, 6.45) is -0.310. The lowest BCUT2D eigenvalue weighted by molar-refractivity contribution is 0.205. The van der Waals surface area contributed by atoms with Crippen LogP contribution in [0, 0.1) is 11.3 Å². The zero-order valence-corrected chi connectivity index (χ0v) is 8.00. The molecule has 0 aliphatic rings. The van der Waals surface area contributed by atoms with Gasteiger partial charge in [-0.05, 0) is 12.1 Å². The molecule has 0 fully saturated rings. The van der Waals surface area contributed by atoms with E-state index >= 15 is 0 Å². The van der Waals surface area contributed by atoms with E-state index < -0.39 is 6.10 Å². The molecule has 0 saturated heterocycles. The number of thioether (sulfide) groups is 1. The molecule has 1 aromatic carbocycles. The molecule has 0 amide bonds. The third-order valence-electron chi connectivity index (χ3n) is 1.51. The molecule has 1 aromatic rings. The highest BCUT2D eigenvalue weighted by molar-refractivity contribution is 7.99. The monoisotopic (exact) mass is 193 g/mol. The van der Waals surface area contributed by atoms with Crippen molar-refractivity contribution in [3.05, 3.63) is 30.3 Å². The van der Waals surface area contributed by atoms with E-state index in [2.05, 4.69) is 0 Å². The number of nitrogens with zero attached hydrogens (tertiary/aromatic N) is 1. The van der Waals surface area contributed by atoms with Crippen LogP contribution in [0.4, 0.5) is 0 Å². The summed E-state index contributed by atoms with van der Waals surface area (Å²) < 4.78 is 0. The quantitative estimate of drug-likeness (QED) is 0.744. The Kier molecular flexibility index (Phi) is 4.37. The second kappa shape index (κ2) is 5.63. The van der Waals surface area contributed by atoms with Crippen LogP contribution in [-0.2, 0) is 0 Å². The molecule has 2 nitrogen and oxygen atoms in total. The smallest absolute Gasteiger partial charge is 0.0763 e. The molecule has 0 saturated carbocycles. The molecule has 0 aromatic heterocycles. The molecule has 0 aliphatic heterocycles. The highest BCUT2D eigenvalue weighted by Gasteiger charge is 2.03. The van der Waals surface area contributed by atoms with Gasteiger partial charge in [0, 0.05) is 10.6 Å². The van der Waals surface area contributed by atoms with Crippen molar-refractivity contribution in [2.45, 2.75) is 17.4 Å². The summed E-state index contributed by atoms with van der Waals surface area (Å²) in [7, 11) is 0. The zero-order chi connectivity index (χ0) is 9.52. The largest absolute Gasteiger partial charge is 0.391 e. The highest BCUT2D eigenvalue weighted by Crippen LogP contribution is 2.18. The first-order valence-electron chi connectivity index (χ1n) is 4.06. The van der Waals surface area contributed by atoms with E-state index in [9.17, 15) is 5.11 Å². The van der Waals surface area contributed by atoms with E-state index in [-0.39, 0.29) is 6.42 Å². The summed E-state index contributed by atoms with van der Waals surface area (Å²) in [6.45, 7) is 0. The van der Waals surface area contributed by atoms with Crippen molar-refractivity contribution in [2.75, 3.05) is 5.75 Å². The molecule has 0 bridgehead atoms. The topological polar surface area (TPSA) is 44.0 Å². The Morgan fingerprint density at radius 3 is 2.69 bits per heavy atom. The van der Waals surface area contributed by atoms with Gasteiger partial charge in [0.25, 0.3) is 0 Å². The summed E-state index contributed by atoms with van der Waals surface area (Å²) in [5.74, 6) is 0.581. The van der Waals surface area contributed by atoms with Crippen molar-refractivity contribution in [1.29, 1.82) is 5.26 Å². The summed E-state index contributed by atoms with van der Waals surface area (Å²) in [4.78, 5) is 1.12. The number of hydrogen-bond acceptors (Lipinski definition) is 3. The maximum atomic E-state index is 9.27. The standard InChI is InChI=1S/C10H11NOS/c11-7-6-9(12)8-13-10-4-2-1-3-5-10/h1-5,9,12H,6,8H2. The van der Waals surface area contributed by atoms with Crippen molar-refractivity contribution >= 4 is 11.8 Å². The Bertz CT molecular complexity index is 281. The molecule has 1 rings (SSSR count). The summed E-state index contributed by atoms with van der Waals surface area (Å²) in [5, 5.41) is 17.6. The zero-order valence-electron chi connectivity index (χ0n) is 7.18. The fourth-order valence-corrected chi connectivity index (χ4v) is 1.73. The van der Waals surface area contributed by atoms with E-state index in [0.717, 1.165) is 4.90 Å². The van der Waals surface area contributed by atoms with Crippen LogP contribution in [-0.4, -0.2) is 17.0 Å². The lowest BCUT2D eigenvalue weighted by Gasteiger charge is -2.04. The van der Waals surface area contributed by atoms with Crippen molar-refractivity contribution in [3.63, 3.8) is 0 Å². The van der Waals surface area contributed by atoms with Crippen LogP contribution in [0.3, 0.4) is 0 Å². The highest BCUT2D eigenvalue weighted by atomic mass is 32.2. The van der Waals surface area contributed by atoms with Crippen molar-refractivity contribution in [3.8, 4) is 6.07 Å². The lowest BCUT2D eigenvalue weighted by Crippen LogP contribution is -2.07. The molecule has 68 valence electrons. The second-order valence-corrected chi connectivity index (χ2v) is 3.73. The molecule has 0 spiro atoms. The van der Waals surface area contributed by atoms with Gasteiger partial charge in [-0.2, -0.15) is 5.26 Å². The Labute approximate surface area is 82.2 Å². The summed E-state index contributed by atoms with van der Waals surface area (Å²) in [6, 6.07) is 11.8. The number of aliphatic hydroxyl groups is 1. The summed E-state index contributed by atoms with van der Waals surface area (Å²) in [5.41, 5.74) is 0. The molecule has 1 N–H and O–H groups in total. The maximum absolute atomic E-state index is 9.27. The normalized spacial score (nSPS) is 12.0. The lowest BCUT2D eigenvalue weighted by atomic mass is 10.3. The molecule has 1 atom stereocenters. The van der Waals surface area contributed by atoms with Gasteiger partial charge in [-0.15, -0.1) is 11.8 Å². The average Bonchev–Trinajstić information content (AvgIpc) is 2.17. The third kappa shape index (κ3) is 3.97. The predicted molar refractivity (Wildman–Crippen MR) is 53.4 cm³/mol. The van der Waals surface area contributed by atoms with Crippen molar-refractivity contribution < 1.29 is 5.11 Å². The minimum Gasteiger partial charge on any atom is -0.391 e. The van der Waals surface area contributed by atoms with Gasteiger partial charge in [0.1, 0.15) is 0 Å². The second-order valence-electron chi connectivity index (χ2n) is 2.64. The molecule has 13 heavy (non-hydrogen) atoms. The molecule has 3 heteroatoms. The molecule has 1 unspecified atom stereocenters. The van der Waals surface area contributed by atoms with Crippen molar-refractivity contribution in [2.24, 2.45) is 0 Å². The summed E-state index contributed by atoms with van der Waals surface area (Å²) >= 11 is 1.57. The Morgan fingerprint density at radius 2 is 2.08 bits per heavy atom.